The molecule has 3 rings (SSSR count). The van der Waals surface area contributed by atoms with Gasteiger partial charge in [-0.3, -0.25) is 10.1 Å². The maximum Gasteiger partial charge on any atom is 0.407 e. The minimum Gasteiger partial charge on any atom is -0.495 e. The summed E-state index contributed by atoms with van der Waals surface area (Å²) in [6.45, 7) is 5.18. The molecule has 13 heteroatoms. The monoisotopic (exact) mass is 507 g/mol. The second-order valence-electron chi connectivity index (χ2n) is 8.19. The highest BCUT2D eigenvalue weighted by Crippen LogP contribution is 2.36. The molecule has 2 N–H and O–H groups in total. The quantitative estimate of drug-likeness (QED) is 0.245. The van der Waals surface area contributed by atoms with Gasteiger partial charge in [0.25, 0.3) is 0 Å². The largest absolute Gasteiger partial charge is 0.495 e. The molecule has 0 aliphatic rings. The number of amides is 1. The van der Waals surface area contributed by atoms with Gasteiger partial charge in [-0.2, -0.15) is 0 Å². The van der Waals surface area contributed by atoms with E-state index in [-0.39, 0.29) is 52.3 Å². The van der Waals surface area contributed by atoms with Gasteiger partial charge in [0.2, 0.25) is 0 Å². The average Bonchev–Trinajstić information content (AvgIpc) is 2.76. The molecule has 0 aliphatic heterocycles. The van der Waals surface area contributed by atoms with Crippen LogP contribution in [0.1, 0.15) is 20.8 Å². The zero-order chi connectivity index (χ0) is 25.8. The maximum atomic E-state index is 14.4. The molecule has 0 bridgehead atoms. The Morgan fingerprint density at radius 1 is 1.20 bits per heavy atom. The zero-order valence-corrected chi connectivity index (χ0v) is 20.1. The van der Waals surface area contributed by atoms with Crippen molar-refractivity contribution in [1.29, 1.82) is 0 Å². The fourth-order valence-corrected chi connectivity index (χ4v) is 3.20. The molecule has 1 aromatic heterocycles. The van der Waals surface area contributed by atoms with Crippen LogP contribution in [0.3, 0.4) is 0 Å². The van der Waals surface area contributed by atoms with E-state index in [1.54, 1.807) is 20.8 Å². The minimum absolute atomic E-state index is 0.00227. The highest BCUT2D eigenvalue weighted by Gasteiger charge is 2.21. The van der Waals surface area contributed by atoms with E-state index >= 15 is 0 Å². The molecule has 11 nitrogen and oxygen atoms in total. The number of anilines is 2. The van der Waals surface area contributed by atoms with Crippen molar-refractivity contribution in [2.24, 2.45) is 0 Å². The third-order valence-electron chi connectivity index (χ3n) is 4.44. The molecule has 186 valence electrons. The van der Waals surface area contributed by atoms with Crippen LogP contribution in [-0.2, 0) is 4.74 Å². The molecule has 35 heavy (non-hydrogen) atoms. The smallest absolute Gasteiger partial charge is 0.407 e. The summed E-state index contributed by atoms with van der Waals surface area (Å²) >= 11 is 5.93. The topological polar surface area (TPSA) is 138 Å². The van der Waals surface area contributed by atoms with E-state index in [0.717, 1.165) is 6.07 Å². The van der Waals surface area contributed by atoms with Gasteiger partial charge in [0.15, 0.2) is 5.75 Å². The summed E-state index contributed by atoms with van der Waals surface area (Å²) in [7, 11) is 1.39. The lowest BCUT2D eigenvalue weighted by Crippen LogP contribution is -2.34. The summed E-state index contributed by atoms with van der Waals surface area (Å²) in [5, 5.41) is 17.3. The first-order valence-corrected chi connectivity index (χ1v) is 10.7. The summed E-state index contributed by atoms with van der Waals surface area (Å²) in [6.07, 6.45) is 0.582. The number of fused-ring (bicyclic) bond motifs is 1. The Balaban J connectivity index is 1.84. The molecule has 0 aliphatic carbocycles. The lowest BCUT2D eigenvalue weighted by atomic mass is 10.2. The van der Waals surface area contributed by atoms with Crippen molar-refractivity contribution in [3.8, 4) is 11.5 Å². The Morgan fingerprint density at radius 3 is 2.60 bits per heavy atom. The van der Waals surface area contributed by atoms with Gasteiger partial charge in [0, 0.05) is 18.2 Å². The summed E-state index contributed by atoms with van der Waals surface area (Å²) in [4.78, 5) is 31.0. The molecule has 0 saturated heterocycles. The molecule has 0 fully saturated rings. The maximum absolute atomic E-state index is 14.4. The van der Waals surface area contributed by atoms with E-state index in [4.69, 9.17) is 25.8 Å². The molecular weight excluding hydrogens is 485 g/mol. The second kappa shape index (κ2) is 10.6. The number of alkyl carbamates (subject to hydrolysis) is 1. The number of rotatable bonds is 8. The zero-order valence-electron chi connectivity index (χ0n) is 19.3. The first kappa shape index (κ1) is 25.7. The van der Waals surface area contributed by atoms with Crippen LogP contribution in [0.25, 0.3) is 10.9 Å². The summed E-state index contributed by atoms with van der Waals surface area (Å²) in [6, 6.07) is 5.01. The minimum atomic E-state index is -0.672. The lowest BCUT2D eigenvalue weighted by molar-refractivity contribution is -0.385. The van der Waals surface area contributed by atoms with Crippen LogP contribution < -0.4 is 20.1 Å². The Hall–Kier alpha value is -3.93. The fraction of sp³-hybridized carbons (Fsp3) is 0.318. The molecule has 1 heterocycles. The van der Waals surface area contributed by atoms with E-state index in [9.17, 15) is 19.3 Å². The van der Waals surface area contributed by atoms with Gasteiger partial charge in [-0.15, -0.1) is 0 Å². The summed E-state index contributed by atoms with van der Waals surface area (Å²) in [5.41, 5.74) is -0.707. The second-order valence-corrected chi connectivity index (χ2v) is 8.59. The first-order valence-electron chi connectivity index (χ1n) is 10.3. The van der Waals surface area contributed by atoms with Gasteiger partial charge < -0.3 is 24.8 Å². The molecular formula is C22H23ClFN5O6. The van der Waals surface area contributed by atoms with Gasteiger partial charge in [-0.1, -0.05) is 11.6 Å². The van der Waals surface area contributed by atoms with Crippen LogP contribution in [0.5, 0.6) is 11.5 Å². The summed E-state index contributed by atoms with van der Waals surface area (Å²) in [5.74, 6) is -0.373. The Morgan fingerprint density at radius 2 is 1.94 bits per heavy atom. The van der Waals surface area contributed by atoms with E-state index in [1.165, 1.54) is 31.6 Å². The van der Waals surface area contributed by atoms with Crippen LogP contribution in [0.4, 0.5) is 26.4 Å². The average molecular weight is 508 g/mol. The number of ether oxygens (including phenoxy) is 3. The van der Waals surface area contributed by atoms with Crippen molar-refractivity contribution in [3.05, 3.63) is 51.5 Å². The van der Waals surface area contributed by atoms with Crippen molar-refractivity contribution >= 4 is 45.8 Å². The lowest BCUT2D eigenvalue weighted by Gasteiger charge is -2.19. The van der Waals surface area contributed by atoms with E-state index in [0.29, 0.717) is 5.52 Å². The number of benzene rings is 2. The number of nitrogens with one attached hydrogen (secondary N) is 2. The summed E-state index contributed by atoms with van der Waals surface area (Å²) < 4.78 is 30.2. The van der Waals surface area contributed by atoms with Crippen LogP contribution in [0, 0.1) is 15.9 Å². The molecule has 0 spiro atoms. The van der Waals surface area contributed by atoms with Crippen molar-refractivity contribution in [2.45, 2.75) is 26.4 Å². The number of methoxy groups -OCH3 is 1. The van der Waals surface area contributed by atoms with Gasteiger partial charge in [-0.25, -0.2) is 19.2 Å². The van der Waals surface area contributed by atoms with E-state index < -0.39 is 22.4 Å². The Kier molecular flexibility index (Phi) is 7.75. The van der Waals surface area contributed by atoms with Crippen LogP contribution in [0.15, 0.2) is 30.6 Å². The molecule has 0 radical (unpaired) electrons. The van der Waals surface area contributed by atoms with Crippen LogP contribution in [0.2, 0.25) is 5.02 Å². The molecule has 0 unspecified atom stereocenters. The standard InChI is InChI=1S/C22H23ClFN5O6/c1-22(2,3)35-21(30)25-5-6-34-19-9-15-12(7-17(19)29(31)32)20(27-11-26-15)28-16-10-18(33-4)13(23)8-14(16)24/h7-11H,5-6H2,1-4H3,(H,25,30)(H,26,27,28). The Bertz CT molecular complexity index is 1270. The predicted octanol–water partition coefficient (Wildman–Crippen LogP) is 4.99. The molecule has 1 amide bonds. The number of hydrogen-bond acceptors (Lipinski definition) is 9. The molecule has 0 saturated carbocycles. The van der Waals surface area contributed by atoms with E-state index in [1.807, 2.05) is 0 Å². The van der Waals surface area contributed by atoms with Gasteiger partial charge in [-0.05, 0) is 26.8 Å². The van der Waals surface area contributed by atoms with Crippen molar-refractivity contribution in [2.75, 3.05) is 25.6 Å². The van der Waals surface area contributed by atoms with E-state index in [2.05, 4.69) is 20.6 Å². The number of nitro benzene ring substituents is 1. The van der Waals surface area contributed by atoms with Crippen molar-refractivity contribution in [3.63, 3.8) is 0 Å². The number of hydrogen-bond donors (Lipinski definition) is 2. The third-order valence-corrected chi connectivity index (χ3v) is 4.73. The van der Waals surface area contributed by atoms with Crippen molar-refractivity contribution < 1.29 is 28.3 Å². The van der Waals surface area contributed by atoms with Crippen molar-refractivity contribution in [1.82, 2.24) is 15.3 Å². The fourth-order valence-electron chi connectivity index (χ4n) is 2.97. The number of carbonyl (C=O) groups is 1. The van der Waals surface area contributed by atoms with Crippen LogP contribution >= 0.6 is 11.6 Å². The first-order chi connectivity index (χ1) is 16.5. The predicted molar refractivity (Wildman–Crippen MR) is 127 cm³/mol. The van der Waals surface area contributed by atoms with Gasteiger partial charge >= 0.3 is 11.8 Å². The molecule has 0 atom stereocenters. The number of halogens is 2. The molecule has 3 aromatic rings. The highest BCUT2D eigenvalue weighted by molar-refractivity contribution is 6.32. The van der Waals surface area contributed by atoms with Gasteiger partial charge in [0.1, 0.15) is 35.9 Å². The van der Waals surface area contributed by atoms with Gasteiger partial charge in [0.05, 0.1) is 40.2 Å². The number of aromatic nitrogens is 2. The normalized spacial score (nSPS) is 11.1. The Labute approximate surface area is 204 Å². The SMILES string of the molecule is COc1cc(Nc2ncnc3cc(OCCNC(=O)OC(C)(C)C)c([N+](=O)[O-])cc23)c(F)cc1Cl. The highest BCUT2D eigenvalue weighted by atomic mass is 35.5. The number of nitro groups is 1. The third kappa shape index (κ3) is 6.57. The molecule has 2 aromatic carbocycles. The van der Waals surface area contributed by atoms with Crippen LogP contribution in [-0.4, -0.2) is 46.8 Å². The number of nitrogens with zero attached hydrogens (tertiary/aromatic N) is 3. The number of carbonyl (C=O) groups excluding carboxylic acids is 1.